The fourth-order valence-electron chi connectivity index (χ4n) is 3.86. The first-order valence-corrected chi connectivity index (χ1v) is 11.5. The van der Waals surface area contributed by atoms with E-state index in [1.165, 1.54) is 0 Å². The van der Waals surface area contributed by atoms with Gasteiger partial charge in [0.05, 0.1) is 12.1 Å². The van der Waals surface area contributed by atoms with E-state index in [0.717, 1.165) is 53.8 Å². The molecule has 4 rings (SSSR count). The van der Waals surface area contributed by atoms with Gasteiger partial charge in [-0.2, -0.15) is 5.10 Å². The molecule has 0 spiro atoms. The van der Waals surface area contributed by atoms with Crippen LogP contribution in [-0.4, -0.2) is 35.0 Å². The van der Waals surface area contributed by atoms with Gasteiger partial charge in [0, 0.05) is 12.0 Å². The van der Waals surface area contributed by atoms with Crippen molar-refractivity contribution in [1.82, 2.24) is 35.0 Å². The van der Waals surface area contributed by atoms with Crippen molar-refractivity contribution in [2.24, 2.45) is 0 Å². The highest BCUT2D eigenvalue weighted by atomic mass is 16.2. The van der Waals surface area contributed by atoms with E-state index in [9.17, 15) is 4.79 Å². The molecule has 0 aliphatic carbocycles. The molecule has 0 amide bonds. The highest BCUT2D eigenvalue weighted by Gasteiger charge is 2.22. The van der Waals surface area contributed by atoms with Gasteiger partial charge in [-0.3, -0.25) is 4.57 Å². The fraction of sp³-hybridized carbons (Fsp3) is 0.400. The lowest BCUT2D eigenvalue weighted by atomic mass is 10.0. The molecule has 0 radical (unpaired) electrons. The zero-order valence-corrected chi connectivity index (χ0v) is 19.7. The van der Waals surface area contributed by atoms with Gasteiger partial charge >= 0.3 is 5.69 Å². The van der Waals surface area contributed by atoms with Crippen LogP contribution in [0, 0.1) is 0 Å². The Morgan fingerprint density at radius 1 is 0.970 bits per heavy atom. The Labute approximate surface area is 193 Å². The first-order chi connectivity index (χ1) is 15.9. The molecule has 33 heavy (non-hydrogen) atoms. The third-order valence-corrected chi connectivity index (χ3v) is 5.69. The van der Waals surface area contributed by atoms with Crippen LogP contribution in [0.15, 0.2) is 53.3 Å². The van der Waals surface area contributed by atoms with Crippen molar-refractivity contribution in [3.8, 4) is 22.5 Å². The summed E-state index contributed by atoms with van der Waals surface area (Å²) in [7, 11) is 0. The number of aromatic nitrogens is 7. The van der Waals surface area contributed by atoms with Crippen molar-refractivity contribution in [2.45, 2.75) is 65.5 Å². The highest BCUT2D eigenvalue weighted by molar-refractivity contribution is 5.70. The second kappa shape index (κ2) is 9.52. The van der Waals surface area contributed by atoms with Gasteiger partial charge in [-0.1, -0.05) is 62.2 Å². The van der Waals surface area contributed by atoms with Gasteiger partial charge in [0.15, 0.2) is 5.82 Å². The fourth-order valence-corrected chi connectivity index (χ4v) is 3.86. The maximum absolute atomic E-state index is 13.2. The standard InChI is InChI=1S/C25H31N7O/c1-5-6-7-11-22-28-32(25(2,3)4)24(33)31(22)17-18-12-14-19(15-13-18)20-9-8-10-21(16-20)23-26-29-30-27-23/h8-10,12-16H,5-7,11,17H2,1-4H3,(H,26,27,29,30). The summed E-state index contributed by atoms with van der Waals surface area (Å²) in [5, 5.41) is 18.8. The molecule has 0 saturated carbocycles. The minimum atomic E-state index is -0.351. The average molecular weight is 446 g/mol. The largest absolute Gasteiger partial charge is 0.346 e. The number of hydrogen-bond acceptors (Lipinski definition) is 5. The van der Waals surface area contributed by atoms with Crippen LogP contribution in [0.3, 0.4) is 0 Å². The zero-order valence-electron chi connectivity index (χ0n) is 19.7. The molecule has 172 valence electrons. The van der Waals surface area contributed by atoms with Crippen molar-refractivity contribution in [3.63, 3.8) is 0 Å². The van der Waals surface area contributed by atoms with Gasteiger partial charge in [-0.05, 0) is 60.4 Å². The number of aromatic amines is 1. The van der Waals surface area contributed by atoms with Crippen molar-refractivity contribution in [2.75, 3.05) is 0 Å². The summed E-state index contributed by atoms with van der Waals surface area (Å²) in [6, 6.07) is 16.4. The number of benzene rings is 2. The summed E-state index contributed by atoms with van der Waals surface area (Å²) < 4.78 is 3.44. The Morgan fingerprint density at radius 3 is 2.39 bits per heavy atom. The van der Waals surface area contributed by atoms with E-state index >= 15 is 0 Å². The molecule has 0 bridgehead atoms. The Balaban J connectivity index is 1.59. The van der Waals surface area contributed by atoms with Gasteiger partial charge in [0.1, 0.15) is 5.82 Å². The molecule has 8 heteroatoms. The van der Waals surface area contributed by atoms with Crippen LogP contribution in [0.5, 0.6) is 0 Å². The minimum Gasteiger partial charge on any atom is -0.274 e. The van der Waals surface area contributed by atoms with Crippen molar-refractivity contribution in [3.05, 3.63) is 70.4 Å². The SMILES string of the molecule is CCCCCc1nn(C(C)(C)C)c(=O)n1Cc1ccc(-c2cccc(-c3nnn[nH]3)c2)cc1. The van der Waals surface area contributed by atoms with E-state index in [2.05, 4.69) is 63.9 Å². The molecule has 4 aromatic rings. The smallest absolute Gasteiger partial charge is 0.274 e. The van der Waals surface area contributed by atoms with E-state index in [4.69, 9.17) is 5.10 Å². The second-order valence-corrected chi connectivity index (χ2v) is 9.35. The van der Waals surface area contributed by atoms with E-state index < -0.39 is 0 Å². The third kappa shape index (κ3) is 5.10. The predicted molar refractivity (Wildman–Crippen MR) is 129 cm³/mol. The summed E-state index contributed by atoms with van der Waals surface area (Å²) in [6.07, 6.45) is 4.12. The molecule has 0 atom stereocenters. The van der Waals surface area contributed by atoms with E-state index in [-0.39, 0.29) is 11.2 Å². The Hall–Kier alpha value is -3.55. The Kier molecular flexibility index (Phi) is 6.53. The van der Waals surface area contributed by atoms with Gasteiger partial charge in [-0.15, -0.1) is 5.10 Å². The van der Waals surface area contributed by atoms with Crippen LogP contribution in [0.25, 0.3) is 22.5 Å². The molecule has 0 unspecified atom stereocenters. The monoisotopic (exact) mass is 445 g/mol. The molecular weight excluding hydrogens is 414 g/mol. The van der Waals surface area contributed by atoms with Crippen LogP contribution >= 0.6 is 0 Å². The molecule has 0 fully saturated rings. The number of tetrazole rings is 1. The molecule has 1 N–H and O–H groups in total. The maximum atomic E-state index is 13.2. The number of rotatable bonds is 8. The Bertz CT molecular complexity index is 1250. The lowest BCUT2D eigenvalue weighted by Crippen LogP contribution is -2.36. The molecule has 2 heterocycles. The lowest BCUT2D eigenvalue weighted by Gasteiger charge is -2.16. The highest BCUT2D eigenvalue weighted by Crippen LogP contribution is 2.25. The second-order valence-electron chi connectivity index (χ2n) is 9.35. The number of unbranched alkanes of at least 4 members (excludes halogenated alkanes) is 2. The molecule has 2 aromatic carbocycles. The van der Waals surface area contributed by atoms with Crippen molar-refractivity contribution >= 4 is 0 Å². The average Bonchev–Trinajstić information content (AvgIpc) is 3.44. The molecule has 0 aliphatic rings. The zero-order chi connectivity index (χ0) is 23.4. The minimum absolute atomic E-state index is 0.0496. The number of nitrogens with zero attached hydrogens (tertiary/aromatic N) is 6. The summed E-state index contributed by atoms with van der Waals surface area (Å²) in [5.74, 6) is 1.50. The quantitative estimate of drug-likeness (QED) is 0.405. The van der Waals surface area contributed by atoms with Crippen LogP contribution in [0.4, 0.5) is 0 Å². The number of nitrogens with one attached hydrogen (secondary N) is 1. The van der Waals surface area contributed by atoms with Gasteiger partial charge in [-0.25, -0.2) is 14.6 Å². The molecule has 0 saturated heterocycles. The Morgan fingerprint density at radius 2 is 1.73 bits per heavy atom. The lowest BCUT2D eigenvalue weighted by molar-refractivity contribution is 0.339. The molecule has 8 nitrogen and oxygen atoms in total. The summed E-state index contributed by atoms with van der Waals surface area (Å²) in [6.45, 7) is 8.73. The first-order valence-electron chi connectivity index (χ1n) is 11.5. The van der Waals surface area contributed by atoms with E-state index in [1.54, 1.807) is 4.68 Å². The third-order valence-electron chi connectivity index (χ3n) is 5.69. The molecule has 0 aliphatic heterocycles. The number of hydrogen-bond donors (Lipinski definition) is 1. The molecule has 2 aromatic heterocycles. The van der Waals surface area contributed by atoms with Crippen LogP contribution in [-0.2, 0) is 18.5 Å². The van der Waals surface area contributed by atoms with Gasteiger partial charge in [0.2, 0.25) is 0 Å². The summed E-state index contributed by atoms with van der Waals surface area (Å²) >= 11 is 0. The topological polar surface area (TPSA) is 94.3 Å². The van der Waals surface area contributed by atoms with Crippen LogP contribution in [0.1, 0.15) is 58.3 Å². The summed E-state index contributed by atoms with van der Waals surface area (Å²) in [5.41, 5.74) is 3.77. The maximum Gasteiger partial charge on any atom is 0.346 e. The molecular formula is C25H31N7O. The normalized spacial score (nSPS) is 11.8. The van der Waals surface area contributed by atoms with Crippen molar-refractivity contribution in [1.29, 1.82) is 0 Å². The first kappa shape index (κ1) is 22.6. The number of aryl methyl sites for hydroxylation is 1. The van der Waals surface area contributed by atoms with E-state index in [0.29, 0.717) is 12.4 Å². The van der Waals surface area contributed by atoms with Crippen LogP contribution in [0.2, 0.25) is 0 Å². The van der Waals surface area contributed by atoms with Crippen molar-refractivity contribution < 1.29 is 0 Å². The van der Waals surface area contributed by atoms with Gasteiger partial charge in [0.25, 0.3) is 0 Å². The van der Waals surface area contributed by atoms with Gasteiger partial charge < -0.3 is 0 Å². The summed E-state index contributed by atoms with van der Waals surface area (Å²) in [4.78, 5) is 13.2. The number of H-pyrrole nitrogens is 1. The van der Waals surface area contributed by atoms with Crippen LogP contribution < -0.4 is 5.69 Å². The van der Waals surface area contributed by atoms with E-state index in [1.807, 2.05) is 37.5 Å². The predicted octanol–water partition coefficient (Wildman–Crippen LogP) is 4.43.